The molecule has 2 rings (SSSR count). The molecule has 174 valence electrons. The summed E-state index contributed by atoms with van der Waals surface area (Å²) in [5, 5.41) is 0. The zero-order valence-electron chi connectivity index (χ0n) is 20.7. The van der Waals surface area contributed by atoms with Gasteiger partial charge >= 0.3 is 200 Å². The fourth-order valence-corrected chi connectivity index (χ4v) is 23.4. The molecular weight excluding hydrogens is 600 g/mol. The molecule has 0 fully saturated rings. The van der Waals surface area contributed by atoms with Crippen molar-refractivity contribution >= 4 is 43.9 Å². The van der Waals surface area contributed by atoms with Crippen molar-refractivity contribution in [1.82, 2.24) is 0 Å². The number of hydrogen-bond acceptors (Lipinski definition) is 0. The predicted octanol–water partition coefficient (Wildman–Crippen LogP) is 8.25. The van der Waals surface area contributed by atoms with Crippen LogP contribution >= 0.6 is 0 Å². The maximum atomic E-state index is 13.3. The van der Waals surface area contributed by atoms with E-state index in [1.54, 1.807) is 27.8 Å². The Morgan fingerprint density at radius 1 is 0.613 bits per heavy atom. The quantitative estimate of drug-likeness (QED) is 0.216. The molecule has 31 heavy (non-hydrogen) atoms. The fraction of sp³-hybridized carbons (Fsp3) is 0.556. The van der Waals surface area contributed by atoms with E-state index in [2.05, 4.69) is 47.7 Å². The van der Waals surface area contributed by atoms with Gasteiger partial charge in [0.2, 0.25) is 0 Å². The molecule has 0 saturated carbocycles. The predicted molar refractivity (Wildman–Crippen MR) is 140 cm³/mol. The zero-order chi connectivity index (χ0) is 23.3. The average molecular weight is 644 g/mol. The monoisotopic (exact) mass is 646 g/mol. The molecule has 0 aliphatic rings. The summed E-state index contributed by atoms with van der Waals surface area (Å²) in [5.74, 6) is -0.190. The second-order valence-electron chi connectivity index (χ2n) is 9.86. The minimum absolute atomic E-state index is 0.0876. The van der Waals surface area contributed by atoms with E-state index in [9.17, 15) is 8.78 Å². The molecule has 2 aromatic rings. The fourth-order valence-electron chi connectivity index (χ4n) is 4.11. The van der Waals surface area contributed by atoms with Crippen LogP contribution in [-0.4, -0.2) is 36.8 Å². The Labute approximate surface area is 199 Å². The molecule has 0 amide bonds. The Hall–Kier alpha value is -0.103. The minimum atomic E-state index is -2.29. The third kappa shape index (κ3) is 10.6. The molecular formula is C27H44F2Sn2. The summed E-state index contributed by atoms with van der Waals surface area (Å²) >= 11 is -4.29. The standard InChI is InChI=1S/2C6H4F.3C4H9.3CH3.2Sn/c2*7-6-4-2-1-3-5-6;3*1-3-4-2;;;;;/h2-5H;1-2,4-5H;3*1,3-4H2,2H3;3*1H3;;. The first kappa shape index (κ1) is 28.9. The molecule has 0 spiro atoms. The van der Waals surface area contributed by atoms with Crippen molar-refractivity contribution < 1.29 is 8.78 Å². The Balaban J connectivity index is 0.000000367. The van der Waals surface area contributed by atoms with Gasteiger partial charge in [0.1, 0.15) is 0 Å². The van der Waals surface area contributed by atoms with E-state index in [-0.39, 0.29) is 11.6 Å². The molecule has 0 radical (unpaired) electrons. The van der Waals surface area contributed by atoms with Gasteiger partial charge in [0.15, 0.2) is 0 Å². The second-order valence-corrected chi connectivity index (χ2v) is 37.6. The van der Waals surface area contributed by atoms with Crippen LogP contribution in [0.1, 0.15) is 59.3 Å². The van der Waals surface area contributed by atoms with E-state index in [0.717, 1.165) is 0 Å². The van der Waals surface area contributed by atoms with Crippen LogP contribution in [0.15, 0.2) is 48.5 Å². The van der Waals surface area contributed by atoms with E-state index in [1.165, 1.54) is 61.5 Å². The van der Waals surface area contributed by atoms with Gasteiger partial charge in [-0.25, -0.2) is 0 Å². The summed E-state index contributed by atoms with van der Waals surface area (Å²) in [5.41, 5.74) is 0. The molecule has 0 nitrogen and oxygen atoms in total. The number of rotatable bonds is 11. The van der Waals surface area contributed by atoms with Gasteiger partial charge in [-0.05, 0) is 0 Å². The van der Waals surface area contributed by atoms with Gasteiger partial charge in [-0.3, -0.25) is 0 Å². The van der Waals surface area contributed by atoms with Crippen molar-refractivity contribution in [3.8, 4) is 0 Å². The van der Waals surface area contributed by atoms with Gasteiger partial charge in [-0.15, -0.1) is 0 Å². The van der Waals surface area contributed by atoms with Gasteiger partial charge in [0.05, 0.1) is 0 Å². The van der Waals surface area contributed by atoms with Gasteiger partial charge in [-0.1, -0.05) is 0 Å². The topological polar surface area (TPSA) is 0 Å². The van der Waals surface area contributed by atoms with Gasteiger partial charge < -0.3 is 0 Å². The van der Waals surface area contributed by atoms with E-state index in [1.807, 2.05) is 6.07 Å². The van der Waals surface area contributed by atoms with E-state index < -0.39 is 36.8 Å². The first-order valence-electron chi connectivity index (χ1n) is 12.2. The van der Waals surface area contributed by atoms with Crippen molar-refractivity contribution in [1.29, 1.82) is 0 Å². The molecule has 0 aromatic heterocycles. The van der Waals surface area contributed by atoms with Crippen molar-refractivity contribution in [2.24, 2.45) is 0 Å². The summed E-state index contributed by atoms with van der Waals surface area (Å²) in [6.07, 6.45) is 7.96. The number of benzene rings is 2. The normalized spacial score (nSPS) is 11.7. The molecule has 0 unspecified atom stereocenters. The summed E-state index contributed by atoms with van der Waals surface area (Å²) in [4.78, 5) is 6.84. The summed E-state index contributed by atoms with van der Waals surface area (Å²) in [6, 6.07) is 14.6. The summed E-state index contributed by atoms with van der Waals surface area (Å²) in [7, 11) is 0. The van der Waals surface area contributed by atoms with Crippen LogP contribution < -0.4 is 7.16 Å². The Morgan fingerprint density at radius 2 is 1.10 bits per heavy atom. The van der Waals surface area contributed by atoms with Crippen LogP contribution in [0.25, 0.3) is 0 Å². The second kappa shape index (κ2) is 14.9. The van der Waals surface area contributed by atoms with Gasteiger partial charge in [0, 0.05) is 0 Å². The molecule has 0 N–H and O–H groups in total. The van der Waals surface area contributed by atoms with E-state index in [4.69, 9.17) is 0 Å². The van der Waals surface area contributed by atoms with Crippen LogP contribution in [-0.2, 0) is 0 Å². The Morgan fingerprint density at radius 3 is 1.45 bits per heavy atom. The third-order valence-corrected chi connectivity index (χ3v) is 27.7. The molecule has 0 aliphatic heterocycles. The Kier molecular flexibility index (Phi) is 13.9. The number of unbranched alkanes of at least 4 members (excludes halogenated alkanes) is 3. The molecule has 0 aliphatic carbocycles. The van der Waals surface area contributed by atoms with Crippen molar-refractivity contribution in [3.05, 3.63) is 60.2 Å². The first-order chi connectivity index (χ1) is 14.7. The molecule has 0 saturated heterocycles. The number of hydrogen-bond donors (Lipinski definition) is 0. The van der Waals surface area contributed by atoms with Crippen LogP contribution in [0.5, 0.6) is 0 Å². The van der Waals surface area contributed by atoms with Crippen LogP contribution in [0, 0.1) is 11.6 Å². The SMILES string of the molecule is CCC[CH2][Sn]([CH2]CCC)([CH2]CCC)[c]1ccc(F)cc1.[CH3][Sn]([CH3])([CH3])[c]1cccc(F)c1. The van der Waals surface area contributed by atoms with Crippen molar-refractivity contribution in [3.63, 3.8) is 0 Å². The van der Waals surface area contributed by atoms with Crippen LogP contribution in [0.3, 0.4) is 0 Å². The molecule has 0 atom stereocenters. The van der Waals surface area contributed by atoms with Gasteiger partial charge in [0.25, 0.3) is 0 Å². The Bertz CT molecular complexity index is 714. The number of halogens is 2. The van der Waals surface area contributed by atoms with Crippen molar-refractivity contribution in [2.75, 3.05) is 0 Å². The first-order valence-corrected chi connectivity index (χ1v) is 29.7. The summed E-state index contributed by atoms with van der Waals surface area (Å²) < 4.78 is 33.2. The third-order valence-electron chi connectivity index (χ3n) is 6.17. The van der Waals surface area contributed by atoms with Crippen LogP contribution in [0.4, 0.5) is 8.78 Å². The molecule has 0 heterocycles. The average Bonchev–Trinajstić information content (AvgIpc) is 2.74. The molecule has 0 bridgehead atoms. The maximum absolute atomic E-state index is 13.3. The molecule has 4 heteroatoms. The van der Waals surface area contributed by atoms with Crippen molar-refractivity contribution in [2.45, 2.75) is 87.4 Å². The molecule has 2 aromatic carbocycles. The van der Waals surface area contributed by atoms with Gasteiger partial charge in [-0.2, -0.15) is 0 Å². The van der Waals surface area contributed by atoms with Crippen LogP contribution in [0.2, 0.25) is 28.1 Å². The van der Waals surface area contributed by atoms with E-state index >= 15 is 0 Å². The van der Waals surface area contributed by atoms with E-state index in [0.29, 0.717) is 0 Å². The summed E-state index contributed by atoms with van der Waals surface area (Å²) in [6.45, 7) is 6.88. The zero-order valence-corrected chi connectivity index (χ0v) is 26.4.